The third-order valence-electron chi connectivity index (χ3n) is 7.68. The molecule has 1 saturated heterocycles. The third kappa shape index (κ3) is 4.87. The summed E-state index contributed by atoms with van der Waals surface area (Å²) >= 11 is 1.54. The van der Waals surface area contributed by atoms with Crippen LogP contribution in [0.25, 0.3) is 27.5 Å². The highest BCUT2D eigenvalue weighted by molar-refractivity contribution is 7.18. The van der Waals surface area contributed by atoms with Crippen LogP contribution in [0.4, 0.5) is 10.8 Å². The number of fused-ring (bicyclic) bond motifs is 3. The van der Waals surface area contributed by atoms with E-state index in [9.17, 15) is 15.2 Å². The van der Waals surface area contributed by atoms with Crippen molar-refractivity contribution in [3.8, 4) is 28.0 Å². The van der Waals surface area contributed by atoms with Crippen LogP contribution >= 0.6 is 11.3 Å². The van der Waals surface area contributed by atoms with Crippen LogP contribution in [0.2, 0.25) is 0 Å². The summed E-state index contributed by atoms with van der Waals surface area (Å²) in [7, 11) is 0. The van der Waals surface area contributed by atoms with Crippen molar-refractivity contribution in [2.24, 2.45) is 11.8 Å². The number of hydrogen-bond donors (Lipinski definition) is 3. The Bertz CT molecular complexity index is 1590. The third-order valence-corrected chi connectivity index (χ3v) is 8.69. The van der Waals surface area contributed by atoms with E-state index in [-0.39, 0.29) is 18.0 Å². The minimum Gasteiger partial charge on any atom is -0.384 e. The minimum atomic E-state index is -0.999. The highest BCUT2D eigenvalue weighted by atomic mass is 32.1. The molecule has 1 saturated carbocycles. The van der Waals surface area contributed by atoms with Crippen LogP contribution in [0.15, 0.2) is 36.7 Å². The summed E-state index contributed by atoms with van der Waals surface area (Å²) in [5, 5.41) is 40.6. The van der Waals surface area contributed by atoms with Gasteiger partial charge in [0.2, 0.25) is 11.0 Å². The van der Waals surface area contributed by atoms with Gasteiger partial charge in [-0.25, -0.2) is 4.52 Å². The maximum absolute atomic E-state index is 12.1. The molecule has 12 heteroatoms. The lowest BCUT2D eigenvalue weighted by atomic mass is 9.92. The van der Waals surface area contributed by atoms with Gasteiger partial charge in [0.05, 0.1) is 34.2 Å². The van der Waals surface area contributed by atoms with Gasteiger partial charge in [-0.1, -0.05) is 11.3 Å². The van der Waals surface area contributed by atoms with Crippen molar-refractivity contribution < 1.29 is 9.90 Å². The van der Waals surface area contributed by atoms with Gasteiger partial charge in [0.15, 0.2) is 5.01 Å². The van der Waals surface area contributed by atoms with Crippen LogP contribution in [0, 0.1) is 23.2 Å². The van der Waals surface area contributed by atoms with Gasteiger partial charge in [-0.3, -0.25) is 9.78 Å². The topological polar surface area (TPSA) is 144 Å². The number of aromatic nitrogens is 5. The van der Waals surface area contributed by atoms with Crippen LogP contribution in [0.5, 0.6) is 0 Å². The van der Waals surface area contributed by atoms with Gasteiger partial charge in [-0.15, -0.1) is 10.2 Å². The first kappa shape index (κ1) is 26.2. The van der Waals surface area contributed by atoms with E-state index in [2.05, 4.69) is 50.7 Å². The van der Waals surface area contributed by atoms with E-state index < -0.39 is 6.10 Å². The van der Waals surface area contributed by atoms with Gasteiger partial charge in [-0.2, -0.15) is 10.4 Å². The monoisotopic (exact) mass is 557 g/mol. The summed E-state index contributed by atoms with van der Waals surface area (Å²) in [4.78, 5) is 19.2. The van der Waals surface area contributed by atoms with Gasteiger partial charge >= 0.3 is 0 Å². The zero-order valence-electron chi connectivity index (χ0n) is 22.6. The summed E-state index contributed by atoms with van der Waals surface area (Å²) in [6.45, 7) is 7.27. The van der Waals surface area contributed by atoms with E-state index in [1.165, 1.54) is 6.92 Å². The largest absolute Gasteiger partial charge is 0.384 e. The number of piperidine rings is 1. The fraction of sp³-hybridized carbons (Fsp3) is 0.429. The SMILES string of the molecule is CC(C)Nc1cc(-c2ccc3cc(C#N)cnn23)ncc1-c1nnc(N2C[C@H]3CC[C@@H](C2)[C@H]3NC(=O)[C@H](C)O)s1. The Morgan fingerprint density at radius 2 is 1.93 bits per heavy atom. The van der Waals surface area contributed by atoms with Crippen LogP contribution in [0.3, 0.4) is 0 Å². The van der Waals surface area contributed by atoms with E-state index >= 15 is 0 Å². The fourth-order valence-corrected chi connectivity index (χ4v) is 6.69. The minimum absolute atomic E-state index is 0.0930. The molecular weight excluding hydrogens is 526 g/mol. The Balaban J connectivity index is 1.26. The van der Waals surface area contributed by atoms with E-state index in [1.807, 2.05) is 24.4 Å². The second kappa shape index (κ2) is 10.5. The van der Waals surface area contributed by atoms with Gasteiger partial charge in [-0.05, 0) is 69.7 Å². The number of hydrogen-bond acceptors (Lipinski definition) is 10. The number of pyridine rings is 1. The standard InChI is InChI=1S/C28H31N9O2S/c1-15(2)32-22-9-23(24-7-6-20-8-17(10-29)11-31-37(20)24)30-12-21(22)27-34-35-28(40-27)36-13-18-4-5-19(14-36)25(18)33-26(39)16(3)38/h6-9,11-12,15-16,18-19,25,38H,4-5,13-14H2,1-3H3,(H,30,32)(H,33,39)/t16-,18-,19+,25+/m0/s1. The molecule has 0 aromatic carbocycles. The zero-order chi connectivity index (χ0) is 28.0. The number of carbonyl (C=O) groups is 1. The van der Waals surface area contributed by atoms with Crippen LogP contribution in [0.1, 0.15) is 39.2 Å². The average Bonchev–Trinajstić information content (AvgIpc) is 3.64. The van der Waals surface area contributed by atoms with E-state index in [0.717, 1.165) is 64.2 Å². The molecule has 4 aromatic rings. The molecule has 0 spiro atoms. The van der Waals surface area contributed by atoms with Crippen molar-refractivity contribution in [2.45, 2.75) is 51.8 Å². The maximum Gasteiger partial charge on any atom is 0.248 e. The number of aliphatic hydroxyl groups is 1. The number of nitriles is 1. The second-order valence-corrected chi connectivity index (χ2v) is 11.9. The molecule has 4 aromatic heterocycles. The molecule has 1 aliphatic heterocycles. The van der Waals surface area contributed by atoms with Crippen LogP contribution in [-0.2, 0) is 4.79 Å². The van der Waals surface area contributed by atoms with Crippen molar-refractivity contribution in [1.29, 1.82) is 5.26 Å². The van der Waals surface area contributed by atoms with Gasteiger partial charge < -0.3 is 20.6 Å². The quantitative estimate of drug-likeness (QED) is 0.312. The number of rotatable bonds is 7. The molecule has 206 valence electrons. The Morgan fingerprint density at radius 1 is 1.15 bits per heavy atom. The molecular formula is C28H31N9O2S. The number of nitrogens with zero attached hydrogens (tertiary/aromatic N) is 7. The Hall–Kier alpha value is -4.08. The maximum atomic E-state index is 12.1. The summed E-state index contributed by atoms with van der Waals surface area (Å²) in [5.41, 5.74) is 4.71. The Labute approximate surface area is 235 Å². The molecule has 40 heavy (non-hydrogen) atoms. The molecule has 2 fully saturated rings. The number of carbonyl (C=O) groups excluding carboxylic acids is 1. The normalized spacial score (nSPS) is 21.0. The zero-order valence-corrected chi connectivity index (χ0v) is 23.4. The lowest BCUT2D eigenvalue weighted by Gasteiger charge is -2.38. The molecule has 5 heterocycles. The first-order valence-electron chi connectivity index (χ1n) is 13.5. The van der Waals surface area contributed by atoms with Crippen molar-refractivity contribution in [2.75, 3.05) is 23.3 Å². The first-order valence-corrected chi connectivity index (χ1v) is 14.3. The molecule has 4 atom stereocenters. The summed E-state index contributed by atoms with van der Waals surface area (Å²) in [6.07, 6.45) is 4.48. The lowest BCUT2D eigenvalue weighted by molar-refractivity contribution is -0.129. The molecule has 2 aliphatic rings. The molecule has 3 N–H and O–H groups in total. The molecule has 0 radical (unpaired) electrons. The number of nitrogens with one attached hydrogen (secondary N) is 2. The Kier molecular flexibility index (Phi) is 6.85. The second-order valence-electron chi connectivity index (χ2n) is 10.9. The number of anilines is 2. The number of aliphatic hydroxyl groups excluding tert-OH is 1. The predicted molar refractivity (Wildman–Crippen MR) is 153 cm³/mol. The van der Waals surface area contributed by atoms with E-state index in [4.69, 9.17) is 4.98 Å². The van der Waals surface area contributed by atoms with Gasteiger partial charge in [0.1, 0.15) is 12.2 Å². The highest BCUT2D eigenvalue weighted by Crippen LogP contribution is 2.41. The summed E-state index contributed by atoms with van der Waals surface area (Å²) in [6, 6.07) is 10.1. The van der Waals surface area contributed by atoms with Gasteiger partial charge in [0, 0.05) is 37.1 Å². The Morgan fingerprint density at radius 3 is 2.62 bits per heavy atom. The summed E-state index contributed by atoms with van der Waals surface area (Å²) < 4.78 is 1.78. The van der Waals surface area contributed by atoms with E-state index in [0.29, 0.717) is 17.4 Å². The molecule has 11 nitrogen and oxygen atoms in total. The van der Waals surface area contributed by atoms with Gasteiger partial charge in [0.25, 0.3) is 0 Å². The highest BCUT2D eigenvalue weighted by Gasteiger charge is 2.43. The fourth-order valence-electron chi connectivity index (χ4n) is 5.80. The van der Waals surface area contributed by atoms with E-state index in [1.54, 1.807) is 28.1 Å². The molecule has 1 aliphatic carbocycles. The average molecular weight is 558 g/mol. The van der Waals surface area contributed by atoms with Crippen molar-refractivity contribution in [3.05, 3.63) is 42.2 Å². The molecule has 6 rings (SSSR count). The van der Waals surface area contributed by atoms with Crippen LogP contribution in [-0.4, -0.2) is 67.1 Å². The van der Waals surface area contributed by atoms with Crippen molar-refractivity contribution in [3.63, 3.8) is 0 Å². The van der Waals surface area contributed by atoms with Crippen molar-refractivity contribution >= 4 is 33.6 Å². The summed E-state index contributed by atoms with van der Waals surface area (Å²) in [5.74, 6) is 0.343. The van der Waals surface area contributed by atoms with Crippen molar-refractivity contribution in [1.82, 2.24) is 30.1 Å². The number of amides is 1. The van der Waals surface area contributed by atoms with Crippen LogP contribution < -0.4 is 15.5 Å². The first-order chi connectivity index (χ1) is 19.3. The lowest BCUT2D eigenvalue weighted by Crippen LogP contribution is -2.54. The molecule has 2 bridgehead atoms. The smallest absolute Gasteiger partial charge is 0.248 e. The molecule has 0 unspecified atom stereocenters. The molecule has 1 amide bonds. The predicted octanol–water partition coefficient (Wildman–Crippen LogP) is 3.32.